The van der Waals surface area contributed by atoms with Gasteiger partial charge in [-0.2, -0.15) is 0 Å². The maximum absolute atomic E-state index is 10.8. The molecule has 14 heavy (non-hydrogen) atoms. The minimum Gasteiger partial charge on any atom is -0.391 e. The van der Waals surface area contributed by atoms with Crippen LogP contribution in [0.4, 0.5) is 0 Å². The Labute approximate surface area is 81.5 Å². The summed E-state index contributed by atoms with van der Waals surface area (Å²) in [5.41, 5.74) is 5.34. The standard InChI is InChI=1S/C9H13N3O2/c10-9(14)6-4-12(5-11-6)7-2-1-3-8(7)13/h4-5,7-8,13H,1-3H2,(H2,10,14)/t7-,8-/m0/s1. The van der Waals surface area contributed by atoms with Gasteiger partial charge in [0.25, 0.3) is 5.91 Å². The van der Waals surface area contributed by atoms with E-state index in [-0.39, 0.29) is 17.8 Å². The highest BCUT2D eigenvalue weighted by Crippen LogP contribution is 2.29. The molecule has 1 saturated carbocycles. The summed E-state index contributed by atoms with van der Waals surface area (Å²) in [6.45, 7) is 0. The summed E-state index contributed by atoms with van der Waals surface area (Å²) in [5.74, 6) is -0.531. The van der Waals surface area contributed by atoms with Crippen molar-refractivity contribution in [2.75, 3.05) is 0 Å². The molecule has 0 aliphatic heterocycles. The maximum Gasteiger partial charge on any atom is 0.268 e. The lowest BCUT2D eigenvalue weighted by molar-refractivity contribution is 0.0995. The zero-order valence-corrected chi connectivity index (χ0v) is 7.76. The summed E-state index contributed by atoms with van der Waals surface area (Å²) >= 11 is 0. The SMILES string of the molecule is NC(=O)c1cn([C@H]2CCC[C@@H]2O)cn1. The number of rotatable bonds is 2. The van der Waals surface area contributed by atoms with E-state index in [2.05, 4.69) is 4.98 Å². The molecule has 0 aromatic carbocycles. The molecule has 1 amide bonds. The Morgan fingerprint density at radius 1 is 1.64 bits per heavy atom. The van der Waals surface area contributed by atoms with Crippen molar-refractivity contribution in [2.45, 2.75) is 31.4 Å². The zero-order chi connectivity index (χ0) is 10.1. The Morgan fingerprint density at radius 2 is 2.43 bits per heavy atom. The average Bonchev–Trinajstić information content (AvgIpc) is 2.71. The lowest BCUT2D eigenvalue weighted by Gasteiger charge is -2.15. The molecule has 1 aromatic heterocycles. The molecular weight excluding hydrogens is 182 g/mol. The number of aromatic nitrogens is 2. The number of imidazole rings is 1. The van der Waals surface area contributed by atoms with E-state index in [1.807, 2.05) is 0 Å². The molecule has 1 aromatic rings. The van der Waals surface area contributed by atoms with E-state index in [0.717, 1.165) is 19.3 Å². The van der Waals surface area contributed by atoms with E-state index in [1.54, 1.807) is 17.1 Å². The van der Waals surface area contributed by atoms with Gasteiger partial charge in [0.1, 0.15) is 5.69 Å². The van der Waals surface area contributed by atoms with E-state index in [4.69, 9.17) is 5.73 Å². The Morgan fingerprint density at radius 3 is 2.93 bits per heavy atom. The minimum absolute atomic E-state index is 0.0515. The summed E-state index contributed by atoms with van der Waals surface area (Å²) in [4.78, 5) is 14.7. The number of aliphatic hydroxyl groups is 1. The third-order valence-corrected chi connectivity index (χ3v) is 2.68. The van der Waals surface area contributed by atoms with Gasteiger partial charge in [-0.25, -0.2) is 4.98 Å². The molecular formula is C9H13N3O2. The second kappa shape index (κ2) is 3.42. The third kappa shape index (κ3) is 1.50. The minimum atomic E-state index is -0.531. The number of amides is 1. The van der Waals surface area contributed by atoms with Crippen LogP contribution in [0.1, 0.15) is 35.8 Å². The van der Waals surface area contributed by atoms with Crippen LogP contribution in [0.15, 0.2) is 12.5 Å². The number of carbonyl (C=O) groups excluding carboxylic acids is 1. The fourth-order valence-electron chi connectivity index (χ4n) is 1.91. The molecule has 1 aliphatic rings. The topological polar surface area (TPSA) is 81.1 Å². The number of nitrogens with zero attached hydrogens (tertiary/aromatic N) is 2. The lowest BCUT2D eigenvalue weighted by Crippen LogP contribution is -2.17. The van der Waals surface area contributed by atoms with Crippen LogP contribution in [-0.4, -0.2) is 26.7 Å². The van der Waals surface area contributed by atoms with Crippen molar-refractivity contribution in [3.05, 3.63) is 18.2 Å². The first-order valence-electron chi connectivity index (χ1n) is 4.70. The zero-order valence-electron chi connectivity index (χ0n) is 7.76. The fourth-order valence-corrected chi connectivity index (χ4v) is 1.91. The third-order valence-electron chi connectivity index (χ3n) is 2.68. The van der Waals surface area contributed by atoms with Crippen molar-refractivity contribution in [3.8, 4) is 0 Å². The second-order valence-electron chi connectivity index (χ2n) is 3.64. The van der Waals surface area contributed by atoms with Crippen molar-refractivity contribution < 1.29 is 9.90 Å². The predicted octanol–water partition coefficient (Wildman–Crippen LogP) is 0.0679. The maximum atomic E-state index is 10.8. The van der Waals surface area contributed by atoms with Gasteiger partial charge in [0.15, 0.2) is 0 Å². The molecule has 0 saturated heterocycles. The second-order valence-corrected chi connectivity index (χ2v) is 3.64. The number of carbonyl (C=O) groups is 1. The highest BCUT2D eigenvalue weighted by Gasteiger charge is 2.26. The van der Waals surface area contributed by atoms with Gasteiger partial charge >= 0.3 is 0 Å². The Hall–Kier alpha value is -1.36. The van der Waals surface area contributed by atoms with Crippen LogP contribution in [0.25, 0.3) is 0 Å². The van der Waals surface area contributed by atoms with Crippen LogP contribution >= 0.6 is 0 Å². The lowest BCUT2D eigenvalue weighted by atomic mass is 10.2. The van der Waals surface area contributed by atoms with E-state index in [9.17, 15) is 9.90 Å². The molecule has 1 heterocycles. The van der Waals surface area contributed by atoms with Crippen molar-refractivity contribution in [1.82, 2.24) is 9.55 Å². The fraction of sp³-hybridized carbons (Fsp3) is 0.556. The number of hydrogen-bond donors (Lipinski definition) is 2. The van der Waals surface area contributed by atoms with Gasteiger partial charge in [0, 0.05) is 6.20 Å². The van der Waals surface area contributed by atoms with E-state index >= 15 is 0 Å². The number of primary amides is 1. The summed E-state index contributed by atoms with van der Waals surface area (Å²) in [6, 6.07) is 0.0515. The van der Waals surface area contributed by atoms with Crippen molar-refractivity contribution in [3.63, 3.8) is 0 Å². The van der Waals surface area contributed by atoms with Crippen molar-refractivity contribution in [2.24, 2.45) is 5.73 Å². The molecule has 0 bridgehead atoms. The Kier molecular flexibility index (Phi) is 2.25. The van der Waals surface area contributed by atoms with Crippen LogP contribution < -0.4 is 5.73 Å². The summed E-state index contributed by atoms with van der Waals surface area (Å²) in [6.07, 6.45) is 5.58. The molecule has 76 valence electrons. The van der Waals surface area contributed by atoms with Gasteiger partial charge in [-0.3, -0.25) is 4.79 Å². The number of aliphatic hydroxyl groups excluding tert-OH is 1. The summed E-state index contributed by atoms with van der Waals surface area (Å²) in [5, 5.41) is 9.63. The average molecular weight is 195 g/mol. The molecule has 1 fully saturated rings. The normalized spacial score (nSPS) is 26.6. The smallest absolute Gasteiger partial charge is 0.268 e. The number of nitrogens with two attached hydrogens (primary N) is 1. The van der Waals surface area contributed by atoms with E-state index < -0.39 is 5.91 Å². The molecule has 2 atom stereocenters. The van der Waals surface area contributed by atoms with E-state index in [0.29, 0.717) is 0 Å². The predicted molar refractivity (Wildman–Crippen MR) is 49.6 cm³/mol. The van der Waals surface area contributed by atoms with Crippen molar-refractivity contribution >= 4 is 5.91 Å². The highest BCUT2D eigenvalue weighted by atomic mass is 16.3. The van der Waals surface area contributed by atoms with Crippen LogP contribution in [0, 0.1) is 0 Å². The van der Waals surface area contributed by atoms with Gasteiger partial charge in [-0.15, -0.1) is 0 Å². The van der Waals surface area contributed by atoms with E-state index in [1.165, 1.54) is 0 Å². The molecule has 0 radical (unpaired) electrons. The molecule has 0 spiro atoms. The highest BCUT2D eigenvalue weighted by molar-refractivity contribution is 5.90. The summed E-state index contributed by atoms with van der Waals surface area (Å²) < 4.78 is 1.78. The van der Waals surface area contributed by atoms with Crippen LogP contribution in [0.3, 0.4) is 0 Å². The molecule has 5 nitrogen and oxygen atoms in total. The molecule has 5 heteroatoms. The van der Waals surface area contributed by atoms with Gasteiger partial charge in [0.05, 0.1) is 18.5 Å². The first-order valence-corrected chi connectivity index (χ1v) is 4.70. The largest absolute Gasteiger partial charge is 0.391 e. The number of hydrogen-bond acceptors (Lipinski definition) is 3. The van der Waals surface area contributed by atoms with Crippen LogP contribution in [-0.2, 0) is 0 Å². The van der Waals surface area contributed by atoms with Crippen LogP contribution in [0.5, 0.6) is 0 Å². The van der Waals surface area contributed by atoms with Gasteiger partial charge in [-0.05, 0) is 19.3 Å². The Balaban J connectivity index is 2.20. The molecule has 1 aliphatic carbocycles. The van der Waals surface area contributed by atoms with Crippen molar-refractivity contribution in [1.29, 1.82) is 0 Å². The monoisotopic (exact) mass is 195 g/mol. The van der Waals surface area contributed by atoms with Gasteiger partial charge < -0.3 is 15.4 Å². The first-order chi connectivity index (χ1) is 6.68. The van der Waals surface area contributed by atoms with Gasteiger partial charge in [0.2, 0.25) is 0 Å². The molecule has 3 N–H and O–H groups in total. The molecule has 2 rings (SSSR count). The van der Waals surface area contributed by atoms with Crippen LogP contribution in [0.2, 0.25) is 0 Å². The first kappa shape index (κ1) is 9.21. The van der Waals surface area contributed by atoms with Gasteiger partial charge in [-0.1, -0.05) is 0 Å². The summed E-state index contributed by atoms with van der Waals surface area (Å²) in [7, 11) is 0. The quantitative estimate of drug-likeness (QED) is 0.700. The molecule has 0 unspecified atom stereocenters. The Bertz CT molecular complexity index is 348.